The minimum Gasteiger partial charge on any atom is -0.489 e. The average molecular weight is 595 g/mol. The van der Waals surface area contributed by atoms with Crippen molar-refractivity contribution in [1.29, 1.82) is 0 Å². The molecule has 6 nitrogen and oxygen atoms in total. The maximum Gasteiger partial charge on any atom is 0.340 e. The summed E-state index contributed by atoms with van der Waals surface area (Å²) in [7, 11) is 0. The quantitative estimate of drug-likeness (QED) is 0.369. The van der Waals surface area contributed by atoms with Crippen LogP contribution < -0.4 is 10.5 Å². The van der Waals surface area contributed by atoms with Gasteiger partial charge in [0.15, 0.2) is 5.78 Å². The molecular formula is C27H26BrCl2NO5. The number of nitrogens with two attached hydrogens (primary N) is 1. The van der Waals surface area contributed by atoms with Gasteiger partial charge in [-0.3, -0.25) is 4.79 Å². The van der Waals surface area contributed by atoms with Crippen LogP contribution in [0.15, 0.2) is 63.7 Å². The predicted octanol–water partition coefficient (Wildman–Crippen LogP) is 6.83. The van der Waals surface area contributed by atoms with E-state index in [0.29, 0.717) is 45.5 Å². The van der Waals surface area contributed by atoms with Crippen molar-refractivity contribution in [3.05, 3.63) is 84.8 Å². The van der Waals surface area contributed by atoms with E-state index in [4.69, 9.17) is 43.1 Å². The van der Waals surface area contributed by atoms with E-state index in [2.05, 4.69) is 15.9 Å². The van der Waals surface area contributed by atoms with Gasteiger partial charge in [-0.25, -0.2) is 4.79 Å². The van der Waals surface area contributed by atoms with E-state index in [1.807, 2.05) is 26.0 Å². The summed E-state index contributed by atoms with van der Waals surface area (Å²) in [4.78, 5) is 26.6. The fourth-order valence-electron chi connectivity index (χ4n) is 4.57. The topological polar surface area (TPSA) is 87.9 Å². The third-order valence-corrected chi connectivity index (χ3v) is 7.21. The summed E-state index contributed by atoms with van der Waals surface area (Å²) >= 11 is 15.9. The fourth-order valence-corrected chi connectivity index (χ4v) is 5.42. The molecule has 1 unspecified atom stereocenters. The molecule has 0 radical (unpaired) electrons. The average Bonchev–Trinajstić information content (AvgIpc) is 2.77. The Morgan fingerprint density at radius 1 is 1.19 bits per heavy atom. The lowest BCUT2D eigenvalue weighted by atomic mass is 9.70. The van der Waals surface area contributed by atoms with Gasteiger partial charge >= 0.3 is 5.97 Å². The summed E-state index contributed by atoms with van der Waals surface area (Å²) in [5, 5.41) is 0.992. The molecule has 2 aliphatic rings. The summed E-state index contributed by atoms with van der Waals surface area (Å²) in [5.74, 6) is -0.698. The molecule has 36 heavy (non-hydrogen) atoms. The van der Waals surface area contributed by atoms with Crippen molar-refractivity contribution < 1.29 is 23.8 Å². The highest BCUT2D eigenvalue weighted by Crippen LogP contribution is 2.50. The summed E-state index contributed by atoms with van der Waals surface area (Å²) < 4.78 is 18.1. The molecule has 0 amide bonds. The number of hydrogen-bond donors (Lipinski definition) is 1. The zero-order valence-electron chi connectivity index (χ0n) is 20.1. The molecular weight excluding hydrogens is 569 g/mol. The maximum absolute atomic E-state index is 13.5. The van der Waals surface area contributed by atoms with Crippen LogP contribution in [0, 0.1) is 5.41 Å². The highest BCUT2D eigenvalue weighted by Gasteiger charge is 2.46. The summed E-state index contributed by atoms with van der Waals surface area (Å²) in [6.45, 7) is 5.99. The lowest BCUT2D eigenvalue weighted by Gasteiger charge is -2.38. The zero-order valence-corrected chi connectivity index (χ0v) is 23.2. The minimum atomic E-state index is -0.815. The van der Waals surface area contributed by atoms with Crippen LogP contribution in [0.4, 0.5) is 0 Å². The largest absolute Gasteiger partial charge is 0.489 e. The summed E-state index contributed by atoms with van der Waals surface area (Å²) in [6, 6.07) is 10.6. The van der Waals surface area contributed by atoms with Crippen molar-refractivity contribution in [2.45, 2.75) is 46.1 Å². The number of allylic oxidation sites excluding steroid dienone is 2. The second-order valence-electron chi connectivity index (χ2n) is 9.52. The third kappa shape index (κ3) is 5.43. The number of esters is 1. The number of ketones is 1. The molecule has 9 heteroatoms. The number of rotatable bonds is 6. The van der Waals surface area contributed by atoms with E-state index in [1.54, 1.807) is 31.2 Å². The number of carbonyl (C=O) groups is 2. The molecule has 0 saturated carbocycles. The fraction of sp³-hybridized carbons (Fsp3) is 0.333. The van der Waals surface area contributed by atoms with Crippen LogP contribution in [0.2, 0.25) is 10.0 Å². The molecule has 1 aliphatic carbocycles. The number of benzene rings is 2. The molecule has 1 aliphatic heterocycles. The molecule has 1 heterocycles. The Kier molecular flexibility index (Phi) is 7.74. The van der Waals surface area contributed by atoms with Crippen LogP contribution in [-0.4, -0.2) is 18.4 Å². The van der Waals surface area contributed by atoms with E-state index >= 15 is 0 Å². The van der Waals surface area contributed by atoms with Gasteiger partial charge in [0.2, 0.25) is 5.88 Å². The number of halogens is 3. The SMILES string of the molecule is CCOC(=O)C1=C(N)OC2=C(C(=O)CC(C)(C)C2)C1c1cc(Br)ccc1OCc1ccc(Cl)cc1Cl. The molecule has 0 aromatic heterocycles. The molecule has 2 N–H and O–H groups in total. The summed E-state index contributed by atoms with van der Waals surface area (Å²) in [5.41, 5.74) is 7.80. The van der Waals surface area contributed by atoms with Crippen molar-refractivity contribution in [3.63, 3.8) is 0 Å². The third-order valence-electron chi connectivity index (χ3n) is 6.13. The molecule has 190 valence electrons. The van der Waals surface area contributed by atoms with Gasteiger partial charge in [-0.05, 0) is 42.7 Å². The van der Waals surface area contributed by atoms with Gasteiger partial charge in [-0.1, -0.05) is 59.0 Å². The first-order chi connectivity index (χ1) is 17.0. The Morgan fingerprint density at radius 3 is 2.64 bits per heavy atom. The number of carbonyl (C=O) groups excluding carboxylic acids is 2. The zero-order chi connectivity index (χ0) is 26.2. The van der Waals surface area contributed by atoms with Crippen LogP contribution in [-0.2, 0) is 25.7 Å². The Morgan fingerprint density at radius 2 is 1.94 bits per heavy atom. The van der Waals surface area contributed by atoms with Gasteiger partial charge in [-0.15, -0.1) is 0 Å². The smallest absolute Gasteiger partial charge is 0.340 e. The van der Waals surface area contributed by atoms with E-state index in [0.717, 1.165) is 10.0 Å². The molecule has 0 bridgehead atoms. The minimum absolute atomic E-state index is 0.0747. The Hall–Kier alpha value is -2.48. The number of Topliss-reactive ketones (excluding diaryl/α,β-unsaturated/α-hetero) is 1. The Labute approximate surface area is 228 Å². The van der Waals surface area contributed by atoms with Crippen molar-refractivity contribution in [3.8, 4) is 5.75 Å². The second-order valence-corrected chi connectivity index (χ2v) is 11.3. The van der Waals surface area contributed by atoms with Gasteiger partial charge in [-0.2, -0.15) is 0 Å². The first-order valence-electron chi connectivity index (χ1n) is 11.5. The van der Waals surface area contributed by atoms with Crippen molar-refractivity contribution in [1.82, 2.24) is 0 Å². The molecule has 0 spiro atoms. The standard InChI is InChI=1S/C27H26BrCl2NO5/c1-4-34-26(33)24-22(23-19(32)11-27(2,3)12-21(23)36-25(24)31)17-9-15(28)6-8-20(17)35-13-14-5-7-16(29)10-18(14)30/h5-10,22H,4,11-13,31H2,1-3H3. The van der Waals surface area contributed by atoms with Crippen molar-refractivity contribution in [2.24, 2.45) is 11.1 Å². The van der Waals surface area contributed by atoms with Crippen LogP contribution in [0.5, 0.6) is 5.75 Å². The second kappa shape index (κ2) is 10.5. The molecule has 4 rings (SSSR count). The van der Waals surface area contributed by atoms with Crippen molar-refractivity contribution in [2.75, 3.05) is 6.61 Å². The van der Waals surface area contributed by atoms with Gasteiger partial charge in [0.25, 0.3) is 0 Å². The van der Waals surface area contributed by atoms with Gasteiger partial charge in [0, 0.05) is 44.1 Å². The lowest BCUT2D eigenvalue weighted by Crippen LogP contribution is -2.35. The Balaban J connectivity index is 1.83. The molecule has 2 aromatic rings. The normalized spacial score (nSPS) is 19.1. The van der Waals surface area contributed by atoms with Gasteiger partial charge in [0.1, 0.15) is 23.7 Å². The Bertz CT molecular complexity index is 1300. The number of ether oxygens (including phenoxy) is 3. The summed E-state index contributed by atoms with van der Waals surface area (Å²) in [6.07, 6.45) is 0.818. The van der Waals surface area contributed by atoms with Crippen LogP contribution in [0.1, 0.15) is 50.7 Å². The first-order valence-corrected chi connectivity index (χ1v) is 13.0. The highest BCUT2D eigenvalue weighted by molar-refractivity contribution is 9.10. The van der Waals surface area contributed by atoms with Gasteiger partial charge < -0.3 is 19.9 Å². The van der Waals surface area contributed by atoms with Crippen LogP contribution >= 0.6 is 39.1 Å². The van der Waals surface area contributed by atoms with E-state index in [1.165, 1.54) is 0 Å². The predicted molar refractivity (Wildman–Crippen MR) is 142 cm³/mol. The van der Waals surface area contributed by atoms with Crippen LogP contribution in [0.25, 0.3) is 0 Å². The molecule has 2 aromatic carbocycles. The first kappa shape index (κ1) is 26.6. The van der Waals surface area contributed by atoms with E-state index in [-0.39, 0.29) is 35.9 Å². The number of hydrogen-bond acceptors (Lipinski definition) is 6. The van der Waals surface area contributed by atoms with Crippen LogP contribution in [0.3, 0.4) is 0 Å². The van der Waals surface area contributed by atoms with Crippen molar-refractivity contribution >= 4 is 50.9 Å². The monoisotopic (exact) mass is 593 g/mol. The highest BCUT2D eigenvalue weighted by atomic mass is 79.9. The lowest BCUT2D eigenvalue weighted by molar-refractivity contribution is -0.139. The van der Waals surface area contributed by atoms with Gasteiger partial charge in [0.05, 0.1) is 12.5 Å². The molecule has 0 saturated heterocycles. The van der Waals surface area contributed by atoms with E-state index in [9.17, 15) is 9.59 Å². The maximum atomic E-state index is 13.5. The molecule has 0 fully saturated rings. The molecule has 1 atom stereocenters. The van der Waals surface area contributed by atoms with E-state index < -0.39 is 11.9 Å².